The van der Waals surface area contributed by atoms with Gasteiger partial charge in [-0.2, -0.15) is 0 Å². The zero-order valence-corrected chi connectivity index (χ0v) is 13.9. The van der Waals surface area contributed by atoms with Gasteiger partial charge in [0.05, 0.1) is 20.1 Å². The molecule has 0 radical (unpaired) electrons. The van der Waals surface area contributed by atoms with E-state index in [0.29, 0.717) is 19.6 Å². The lowest BCUT2D eigenvalue weighted by Gasteiger charge is -2.10. The van der Waals surface area contributed by atoms with Crippen molar-refractivity contribution in [3.63, 3.8) is 0 Å². The SMILES string of the molecule is COc1ccc(CNC(=O)CCOc2cc(C)ccc2C)cc1. The van der Waals surface area contributed by atoms with Crippen molar-refractivity contribution < 1.29 is 14.3 Å². The molecule has 0 aliphatic heterocycles. The first-order valence-corrected chi connectivity index (χ1v) is 7.68. The number of methoxy groups -OCH3 is 1. The quantitative estimate of drug-likeness (QED) is 0.852. The van der Waals surface area contributed by atoms with Crippen LogP contribution in [0.2, 0.25) is 0 Å². The van der Waals surface area contributed by atoms with Crippen molar-refractivity contribution in [1.82, 2.24) is 5.32 Å². The van der Waals surface area contributed by atoms with Crippen LogP contribution in [0.1, 0.15) is 23.1 Å². The number of carbonyl (C=O) groups excluding carboxylic acids is 1. The van der Waals surface area contributed by atoms with Crippen molar-refractivity contribution in [3.8, 4) is 11.5 Å². The first-order valence-electron chi connectivity index (χ1n) is 7.68. The van der Waals surface area contributed by atoms with Crippen LogP contribution in [0.4, 0.5) is 0 Å². The molecule has 4 nitrogen and oxygen atoms in total. The fourth-order valence-corrected chi connectivity index (χ4v) is 2.15. The highest BCUT2D eigenvalue weighted by molar-refractivity contribution is 5.76. The fourth-order valence-electron chi connectivity index (χ4n) is 2.15. The number of carbonyl (C=O) groups is 1. The Morgan fingerprint density at radius 2 is 1.83 bits per heavy atom. The number of nitrogens with one attached hydrogen (secondary N) is 1. The molecule has 0 aliphatic rings. The highest BCUT2D eigenvalue weighted by Crippen LogP contribution is 2.19. The molecule has 4 heteroatoms. The van der Waals surface area contributed by atoms with Gasteiger partial charge in [-0.3, -0.25) is 4.79 Å². The van der Waals surface area contributed by atoms with Crippen LogP contribution < -0.4 is 14.8 Å². The minimum Gasteiger partial charge on any atom is -0.497 e. The molecule has 0 unspecified atom stereocenters. The third kappa shape index (κ3) is 5.33. The summed E-state index contributed by atoms with van der Waals surface area (Å²) in [5.41, 5.74) is 3.26. The van der Waals surface area contributed by atoms with Crippen molar-refractivity contribution in [2.75, 3.05) is 13.7 Å². The molecule has 0 atom stereocenters. The summed E-state index contributed by atoms with van der Waals surface area (Å²) in [6.45, 7) is 4.90. The zero-order chi connectivity index (χ0) is 16.7. The maximum Gasteiger partial charge on any atom is 0.223 e. The van der Waals surface area contributed by atoms with Crippen molar-refractivity contribution in [2.45, 2.75) is 26.8 Å². The summed E-state index contributed by atoms with van der Waals surface area (Å²) in [5, 5.41) is 2.89. The second-order valence-corrected chi connectivity index (χ2v) is 5.49. The molecule has 2 rings (SSSR count). The molecule has 0 saturated carbocycles. The summed E-state index contributed by atoms with van der Waals surface area (Å²) >= 11 is 0. The lowest BCUT2D eigenvalue weighted by Crippen LogP contribution is -2.24. The first kappa shape index (κ1) is 16.9. The van der Waals surface area contributed by atoms with Gasteiger partial charge >= 0.3 is 0 Å². The van der Waals surface area contributed by atoms with Gasteiger partial charge in [0.25, 0.3) is 0 Å². The highest BCUT2D eigenvalue weighted by atomic mass is 16.5. The molecule has 2 aromatic carbocycles. The number of hydrogen-bond donors (Lipinski definition) is 1. The molecule has 0 aliphatic carbocycles. The van der Waals surface area contributed by atoms with E-state index in [1.54, 1.807) is 7.11 Å². The van der Waals surface area contributed by atoms with Gasteiger partial charge in [-0.25, -0.2) is 0 Å². The minimum atomic E-state index is -0.0221. The summed E-state index contributed by atoms with van der Waals surface area (Å²) in [4.78, 5) is 11.9. The summed E-state index contributed by atoms with van der Waals surface area (Å²) in [7, 11) is 1.63. The predicted molar refractivity (Wildman–Crippen MR) is 90.9 cm³/mol. The van der Waals surface area contributed by atoms with Crippen LogP contribution >= 0.6 is 0 Å². The van der Waals surface area contributed by atoms with Crippen LogP contribution in [-0.2, 0) is 11.3 Å². The van der Waals surface area contributed by atoms with Gasteiger partial charge in [-0.1, -0.05) is 24.3 Å². The molecule has 0 bridgehead atoms. The van der Waals surface area contributed by atoms with Gasteiger partial charge in [0.15, 0.2) is 0 Å². The predicted octanol–water partition coefficient (Wildman–Crippen LogP) is 3.40. The fraction of sp³-hybridized carbons (Fsp3) is 0.316. The van der Waals surface area contributed by atoms with Gasteiger partial charge in [-0.05, 0) is 48.7 Å². The number of hydrogen-bond acceptors (Lipinski definition) is 3. The molecule has 1 amide bonds. The highest BCUT2D eigenvalue weighted by Gasteiger charge is 2.04. The Kier molecular flexibility index (Phi) is 6.03. The van der Waals surface area contributed by atoms with Gasteiger partial charge in [-0.15, -0.1) is 0 Å². The van der Waals surface area contributed by atoms with Crippen LogP contribution in [0.3, 0.4) is 0 Å². The minimum absolute atomic E-state index is 0.0221. The third-order valence-corrected chi connectivity index (χ3v) is 3.58. The van der Waals surface area contributed by atoms with E-state index in [9.17, 15) is 4.79 Å². The van der Waals surface area contributed by atoms with E-state index in [1.165, 1.54) is 0 Å². The molecular weight excluding hydrogens is 290 g/mol. The van der Waals surface area contributed by atoms with E-state index in [4.69, 9.17) is 9.47 Å². The number of amides is 1. The van der Waals surface area contributed by atoms with E-state index >= 15 is 0 Å². The Bertz CT molecular complexity index is 650. The standard InChI is InChI=1S/C19H23NO3/c1-14-4-5-15(2)18(12-14)23-11-10-19(21)20-13-16-6-8-17(22-3)9-7-16/h4-9,12H,10-11,13H2,1-3H3,(H,20,21). The number of aryl methyl sites for hydroxylation is 2. The Hall–Kier alpha value is -2.49. The number of ether oxygens (including phenoxy) is 2. The third-order valence-electron chi connectivity index (χ3n) is 3.58. The second kappa shape index (κ2) is 8.22. The summed E-state index contributed by atoms with van der Waals surface area (Å²) in [6, 6.07) is 13.7. The molecule has 23 heavy (non-hydrogen) atoms. The first-order chi connectivity index (χ1) is 11.1. The van der Waals surface area contributed by atoms with Gasteiger partial charge in [0.1, 0.15) is 11.5 Å². The molecule has 0 fully saturated rings. The van der Waals surface area contributed by atoms with E-state index in [2.05, 4.69) is 5.32 Å². The monoisotopic (exact) mass is 313 g/mol. The largest absolute Gasteiger partial charge is 0.497 e. The van der Waals surface area contributed by atoms with Crippen molar-refractivity contribution >= 4 is 5.91 Å². The van der Waals surface area contributed by atoms with E-state index < -0.39 is 0 Å². The molecule has 0 spiro atoms. The van der Waals surface area contributed by atoms with Crippen LogP contribution in [0.15, 0.2) is 42.5 Å². The summed E-state index contributed by atoms with van der Waals surface area (Å²) in [6.07, 6.45) is 0.337. The Morgan fingerprint density at radius 1 is 1.09 bits per heavy atom. The average Bonchev–Trinajstić information content (AvgIpc) is 2.56. The van der Waals surface area contributed by atoms with Gasteiger partial charge in [0.2, 0.25) is 5.91 Å². The normalized spacial score (nSPS) is 10.2. The average molecular weight is 313 g/mol. The summed E-state index contributed by atoms with van der Waals surface area (Å²) in [5.74, 6) is 1.63. The number of rotatable bonds is 7. The van der Waals surface area contributed by atoms with Crippen molar-refractivity contribution in [2.24, 2.45) is 0 Å². The topological polar surface area (TPSA) is 47.6 Å². The van der Waals surface area contributed by atoms with Crippen LogP contribution in [-0.4, -0.2) is 19.6 Å². The molecule has 2 aromatic rings. The smallest absolute Gasteiger partial charge is 0.223 e. The van der Waals surface area contributed by atoms with Crippen molar-refractivity contribution in [3.05, 3.63) is 59.2 Å². The molecule has 0 heterocycles. The maximum absolute atomic E-state index is 11.9. The van der Waals surface area contributed by atoms with Crippen LogP contribution in [0, 0.1) is 13.8 Å². The number of benzene rings is 2. The van der Waals surface area contributed by atoms with Gasteiger partial charge < -0.3 is 14.8 Å². The van der Waals surface area contributed by atoms with E-state index in [-0.39, 0.29) is 5.91 Å². The molecule has 0 aromatic heterocycles. The zero-order valence-electron chi connectivity index (χ0n) is 13.9. The van der Waals surface area contributed by atoms with E-state index in [1.807, 2.05) is 56.3 Å². The van der Waals surface area contributed by atoms with E-state index in [0.717, 1.165) is 28.2 Å². The lowest BCUT2D eigenvalue weighted by molar-refractivity contribution is -0.121. The maximum atomic E-state index is 11.9. The second-order valence-electron chi connectivity index (χ2n) is 5.49. The van der Waals surface area contributed by atoms with Crippen LogP contribution in [0.5, 0.6) is 11.5 Å². The Balaban J connectivity index is 1.73. The Labute approximate surface area is 137 Å². The Morgan fingerprint density at radius 3 is 2.52 bits per heavy atom. The summed E-state index contributed by atoms with van der Waals surface area (Å²) < 4.78 is 10.8. The molecule has 0 saturated heterocycles. The van der Waals surface area contributed by atoms with Crippen molar-refractivity contribution in [1.29, 1.82) is 0 Å². The lowest BCUT2D eigenvalue weighted by atomic mass is 10.1. The van der Waals surface area contributed by atoms with Gasteiger partial charge in [0, 0.05) is 6.54 Å². The van der Waals surface area contributed by atoms with Crippen LogP contribution in [0.25, 0.3) is 0 Å². The molecule has 1 N–H and O–H groups in total. The molecule has 122 valence electrons. The molecular formula is C19H23NO3.